The van der Waals surface area contributed by atoms with E-state index in [4.69, 9.17) is 11.6 Å². The Balaban J connectivity index is 5.16. The number of hydrogen-bond donors (Lipinski definition) is 0. The van der Waals surface area contributed by atoms with E-state index in [1.807, 2.05) is 0 Å². The van der Waals surface area contributed by atoms with Gasteiger partial charge < -0.3 is 0 Å². The third kappa shape index (κ3) is 2.78. The smallest absolute Gasteiger partial charge is 0.129 e. The lowest BCUT2D eigenvalue weighted by molar-refractivity contribution is 0.838. The zero-order chi connectivity index (χ0) is 11.4. The maximum Gasteiger partial charge on any atom is 0.146 e. The molecule has 0 N–H and O–H groups in total. The van der Waals surface area contributed by atoms with E-state index in [-0.39, 0.29) is 0 Å². The van der Waals surface area contributed by atoms with E-state index in [1.54, 1.807) is 0 Å². The summed E-state index contributed by atoms with van der Waals surface area (Å²) in [4.78, 5) is 0. The van der Waals surface area contributed by atoms with Crippen molar-refractivity contribution < 1.29 is 0 Å². The highest BCUT2D eigenvalue weighted by atomic mass is 35.5. The van der Waals surface area contributed by atoms with Gasteiger partial charge in [0.2, 0.25) is 0 Å². The Bertz CT molecular complexity index is 198. The van der Waals surface area contributed by atoms with Gasteiger partial charge in [-0.2, -0.15) is 0 Å². The maximum atomic E-state index is 5.67. The van der Waals surface area contributed by atoms with Gasteiger partial charge in [0.05, 0.1) is 5.88 Å². The van der Waals surface area contributed by atoms with Crippen LogP contribution >= 0.6 is 11.6 Å². The van der Waals surface area contributed by atoms with Crippen molar-refractivity contribution >= 4 is 19.7 Å². The molecule has 82 valence electrons. The van der Waals surface area contributed by atoms with Gasteiger partial charge in [-0.15, -0.1) is 17.1 Å². The Morgan fingerprint density at radius 3 is 1.50 bits per heavy atom. The zero-order valence-electron chi connectivity index (χ0n) is 10.3. The Hall–Kier alpha value is 0.0669. The van der Waals surface area contributed by atoms with E-state index in [1.165, 1.54) is 0 Å². The summed E-state index contributed by atoms with van der Waals surface area (Å²) in [6, 6.07) is 0. The average Bonchev–Trinajstić information content (AvgIpc) is 2.03. The third-order valence-electron chi connectivity index (χ3n) is 3.24. The number of hydrogen-bond acceptors (Lipinski definition) is 0. The van der Waals surface area contributed by atoms with Gasteiger partial charge in [-0.1, -0.05) is 47.5 Å². The SMILES string of the molecule is CC(C)[Si](C#CCCl)(C(C)C)C(C)C. The van der Waals surface area contributed by atoms with Gasteiger partial charge in [-0.25, -0.2) is 0 Å². The minimum absolute atomic E-state index is 0.473. The standard InChI is InChI=1S/C12H23ClSi/c1-10(2)14(11(3)4,12(5)6)9-7-8-13/h10-12H,8H2,1-6H3. The van der Waals surface area contributed by atoms with Gasteiger partial charge in [0.1, 0.15) is 8.07 Å². The molecule has 0 aliphatic heterocycles. The summed E-state index contributed by atoms with van der Waals surface area (Å²) in [6.45, 7) is 13.9. The van der Waals surface area contributed by atoms with Crippen molar-refractivity contribution in [1.29, 1.82) is 0 Å². The minimum atomic E-state index is -1.49. The van der Waals surface area contributed by atoms with Gasteiger partial charge in [-0.05, 0) is 16.6 Å². The molecule has 0 atom stereocenters. The molecule has 0 unspecified atom stereocenters. The fourth-order valence-electron chi connectivity index (χ4n) is 2.62. The second kappa shape index (κ2) is 5.83. The van der Waals surface area contributed by atoms with Crippen LogP contribution in [0, 0.1) is 11.5 Å². The fourth-order valence-corrected chi connectivity index (χ4v) is 8.06. The van der Waals surface area contributed by atoms with Crippen molar-refractivity contribution in [3.05, 3.63) is 0 Å². The minimum Gasteiger partial charge on any atom is -0.129 e. The highest BCUT2D eigenvalue weighted by molar-refractivity contribution is 6.90. The van der Waals surface area contributed by atoms with E-state index in [0.717, 1.165) is 0 Å². The first kappa shape index (κ1) is 14.1. The van der Waals surface area contributed by atoms with Crippen LogP contribution in [0.25, 0.3) is 0 Å². The summed E-state index contributed by atoms with van der Waals surface area (Å²) in [5, 5.41) is 0. The molecule has 0 nitrogen and oxygen atoms in total. The summed E-state index contributed by atoms with van der Waals surface area (Å²) in [7, 11) is -1.49. The molecule has 0 aromatic heterocycles. The van der Waals surface area contributed by atoms with Crippen LogP contribution in [0.3, 0.4) is 0 Å². The summed E-state index contributed by atoms with van der Waals surface area (Å²) in [6.07, 6.45) is 0. The first-order chi connectivity index (χ1) is 6.39. The molecule has 0 saturated heterocycles. The second-order valence-corrected chi connectivity index (χ2v) is 10.7. The van der Waals surface area contributed by atoms with Crippen LogP contribution in [0.15, 0.2) is 0 Å². The van der Waals surface area contributed by atoms with Crippen LogP contribution in [-0.2, 0) is 0 Å². The first-order valence-corrected chi connectivity index (χ1v) is 8.22. The monoisotopic (exact) mass is 230 g/mol. The normalized spacial score (nSPS) is 12.1. The Kier molecular flexibility index (Phi) is 5.86. The largest absolute Gasteiger partial charge is 0.146 e. The van der Waals surface area contributed by atoms with Crippen molar-refractivity contribution in [2.45, 2.75) is 58.2 Å². The van der Waals surface area contributed by atoms with Crippen molar-refractivity contribution in [2.75, 3.05) is 5.88 Å². The average molecular weight is 231 g/mol. The van der Waals surface area contributed by atoms with E-state index in [2.05, 4.69) is 53.0 Å². The van der Waals surface area contributed by atoms with Gasteiger partial charge in [0, 0.05) is 0 Å². The predicted octanol–water partition coefficient (Wildman–Crippen LogP) is 4.45. The second-order valence-electron chi connectivity index (χ2n) is 4.83. The molecule has 0 fully saturated rings. The van der Waals surface area contributed by atoms with Crippen molar-refractivity contribution in [2.24, 2.45) is 0 Å². The first-order valence-electron chi connectivity index (χ1n) is 5.45. The quantitative estimate of drug-likeness (QED) is 0.382. The molecule has 0 saturated carbocycles. The third-order valence-corrected chi connectivity index (χ3v) is 9.71. The molecule has 0 bridgehead atoms. The number of alkyl halides is 1. The summed E-state index contributed by atoms with van der Waals surface area (Å²) in [5.74, 6) is 3.58. The van der Waals surface area contributed by atoms with Gasteiger partial charge in [0.25, 0.3) is 0 Å². The highest BCUT2D eigenvalue weighted by Gasteiger charge is 2.41. The molecule has 0 rings (SSSR count). The molecule has 0 radical (unpaired) electrons. The fraction of sp³-hybridized carbons (Fsp3) is 0.833. The van der Waals surface area contributed by atoms with Crippen molar-refractivity contribution in [1.82, 2.24) is 0 Å². The van der Waals surface area contributed by atoms with Gasteiger partial charge in [-0.3, -0.25) is 0 Å². The molecule has 0 aromatic rings. The van der Waals surface area contributed by atoms with E-state index >= 15 is 0 Å². The van der Waals surface area contributed by atoms with Crippen LogP contribution in [0.1, 0.15) is 41.5 Å². The lowest BCUT2D eigenvalue weighted by atomic mass is 10.5. The molecule has 2 heteroatoms. The summed E-state index contributed by atoms with van der Waals surface area (Å²) in [5.41, 5.74) is 5.66. The maximum absolute atomic E-state index is 5.67. The van der Waals surface area contributed by atoms with E-state index < -0.39 is 8.07 Å². The van der Waals surface area contributed by atoms with Crippen LogP contribution in [-0.4, -0.2) is 14.0 Å². The van der Waals surface area contributed by atoms with E-state index in [9.17, 15) is 0 Å². The molecule has 0 aliphatic rings. The van der Waals surface area contributed by atoms with Crippen LogP contribution < -0.4 is 0 Å². The summed E-state index contributed by atoms with van der Waals surface area (Å²) < 4.78 is 0. The summed E-state index contributed by atoms with van der Waals surface area (Å²) >= 11 is 5.67. The predicted molar refractivity (Wildman–Crippen MR) is 69.5 cm³/mol. The molecule has 0 spiro atoms. The van der Waals surface area contributed by atoms with Crippen molar-refractivity contribution in [3.8, 4) is 11.5 Å². The Labute approximate surface area is 95.4 Å². The molecular formula is C12H23ClSi. The molecule has 14 heavy (non-hydrogen) atoms. The van der Waals surface area contributed by atoms with E-state index in [0.29, 0.717) is 22.5 Å². The Morgan fingerprint density at radius 2 is 1.29 bits per heavy atom. The molecule has 0 heterocycles. The molecule has 0 aliphatic carbocycles. The molecule has 0 amide bonds. The van der Waals surface area contributed by atoms with Crippen LogP contribution in [0.5, 0.6) is 0 Å². The zero-order valence-corrected chi connectivity index (χ0v) is 12.1. The van der Waals surface area contributed by atoms with Crippen LogP contribution in [0.2, 0.25) is 16.6 Å². The highest BCUT2D eigenvalue weighted by Crippen LogP contribution is 2.40. The Morgan fingerprint density at radius 1 is 0.929 bits per heavy atom. The molecular weight excluding hydrogens is 208 g/mol. The topological polar surface area (TPSA) is 0 Å². The molecule has 0 aromatic carbocycles. The van der Waals surface area contributed by atoms with Crippen molar-refractivity contribution in [3.63, 3.8) is 0 Å². The van der Waals surface area contributed by atoms with Crippen LogP contribution in [0.4, 0.5) is 0 Å². The number of halogens is 1. The lowest BCUT2D eigenvalue weighted by Crippen LogP contribution is -2.43. The van der Waals surface area contributed by atoms with Gasteiger partial charge in [0.15, 0.2) is 0 Å². The van der Waals surface area contributed by atoms with Gasteiger partial charge >= 0.3 is 0 Å². The number of rotatable bonds is 3. The lowest BCUT2D eigenvalue weighted by Gasteiger charge is -2.38.